The Morgan fingerprint density at radius 2 is 1.82 bits per heavy atom. The van der Waals surface area contributed by atoms with Crippen molar-refractivity contribution < 1.29 is 4.79 Å². The van der Waals surface area contributed by atoms with Crippen molar-refractivity contribution >= 4 is 11.7 Å². The van der Waals surface area contributed by atoms with E-state index >= 15 is 0 Å². The highest BCUT2D eigenvalue weighted by Gasteiger charge is 2.26. The van der Waals surface area contributed by atoms with Crippen molar-refractivity contribution in [2.75, 3.05) is 31.1 Å². The molecule has 6 heteroatoms. The van der Waals surface area contributed by atoms with Gasteiger partial charge >= 0.3 is 0 Å². The van der Waals surface area contributed by atoms with E-state index in [9.17, 15) is 4.79 Å². The van der Waals surface area contributed by atoms with Gasteiger partial charge in [-0.25, -0.2) is 4.98 Å². The summed E-state index contributed by atoms with van der Waals surface area (Å²) in [7, 11) is 0. The van der Waals surface area contributed by atoms with Crippen LogP contribution >= 0.6 is 0 Å². The van der Waals surface area contributed by atoms with E-state index in [1.165, 1.54) is 0 Å². The molecule has 2 N–H and O–H groups in total. The molecule has 1 aromatic heterocycles. The van der Waals surface area contributed by atoms with E-state index in [0.29, 0.717) is 13.1 Å². The van der Waals surface area contributed by atoms with Crippen molar-refractivity contribution in [1.29, 1.82) is 0 Å². The number of hydrogen-bond acceptors (Lipinski definition) is 5. The van der Waals surface area contributed by atoms with Crippen molar-refractivity contribution in [3.63, 3.8) is 0 Å². The molecule has 22 heavy (non-hydrogen) atoms. The standard InChI is InChI=1S/C16H19N5O/c17-15(13-4-2-1-3-5-13)16(22)21-10-8-20(9-11-21)14-12-18-6-7-19-14/h1-7,12,15H,8-11,17H2. The van der Waals surface area contributed by atoms with Gasteiger partial charge in [0.15, 0.2) is 0 Å². The Morgan fingerprint density at radius 3 is 2.45 bits per heavy atom. The Bertz CT molecular complexity index is 611. The maximum absolute atomic E-state index is 12.5. The highest BCUT2D eigenvalue weighted by molar-refractivity contribution is 5.83. The zero-order chi connectivity index (χ0) is 15.4. The largest absolute Gasteiger partial charge is 0.352 e. The molecule has 0 bridgehead atoms. The molecule has 3 rings (SSSR count). The second-order valence-electron chi connectivity index (χ2n) is 5.26. The van der Waals surface area contributed by atoms with Gasteiger partial charge < -0.3 is 15.5 Å². The molecule has 0 radical (unpaired) electrons. The number of amides is 1. The predicted octanol–water partition coefficient (Wildman–Crippen LogP) is 0.825. The molecule has 1 aliphatic rings. The van der Waals surface area contributed by atoms with Crippen LogP contribution in [0, 0.1) is 0 Å². The summed E-state index contributed by atoms with van der Waals surface area (Å²) in [4.78, 5) is 24.8. The molecule has 0 aliphatic carbocycles. The van der Waals surface area contributed by atoms with Crippen LogP contribution in [0.15, 0.2) is 48.9 Å². The molecule has 0 saturated carbocycles. The molecule has 6 nitrogen and oxygen atoms in total. The van der Waals surface area contributed by atoms with Crippen molar-refractivity contribution in [2.24, 2.45) is 5.73 Å². The third-order valence-electron chi connectivity index (χ3n) is 3.89. The molecule has 1 fully saturated rings. The molecule has 1 amide bonds. The lowest BCUT2D eigenvalue weighted by atomic mass is 10.1. The Morgan fingerprint density at radius 1 is 1.09 bits per heavy atom. The molecular formula is C16H19N5O. The summed E-state index contributed by atoms with van der Waals surface area (Å²) in [6.45, 7) is 2.78. The second kappa shape index (κ2) is 6.53. The fourth-order valence-electron chi connectivity index (χ4n) is 2.61. The van der Waals surface area contributed by atoms with Gasteiger partial charge in [-0.05, 0) is 5.56 Å². The number of rotatable bonds is 3. The van der Waals surface area contributed by atoms with Crippen LogP contribution in [-0.4, -0.2) is 47.0 Å². The summed E-state index contributed by atoms with van der Waals surface area (Å²) in [5, 5.41) is 0. The van der Waals surface area contributed by atoms with Crippen LogP contribution in [0.1, 0.15) is 11.6 Å². The first-order valence-electron chi connectivity index (χ1n) is 7.36. The van der Waals surface area contributed by atoms with Gasteiger partial charge in [-0.2, -0.15) is 0 Å². The fourth-order valence-corrected chi connectivity index (χ4v) is 2.61. The minimum atomic E-state index is -0.593. The number of hydrogen-bond donors (Lipinski definition) is 1. The maximum atomic E-state index is 12.5. The molecule has 1 aromatic carbocycles. The number of benzene rings is 1. The first-order valence-corrected chi connectivity index (χ1v) is 7.36. The van der Waals surface area contributed by atoms with Gasteiger partial charge in [-0.15, -0.1) is 0 Å². The van der Waals surface area contributed by atoms with E-state index < -0.39 is 6.04 Å². The summed E-state index contributed by atoms with van der Waals surface area (Å²) in [5.41, 5.74) is 6.94. The van der Waals surface area contributed by atoms with Crippen LogP contribution in [0.2, 0.25) is 0 Å². The summed E-state index contributed by atoms with van der Waals surface area (Å²) in [5.74, 6) is 0.826. The molecule has 2 aromatic rings. The molecule has 1 saturated heterocycles. The normalized spacial score (nSPS) is 16.4. The van der Waals surface area contributed by atoms with Gasteiger partial charge in [0.2, 0.25) is 5.91 Å². The SMILES string of the molecule is NC(C(=O)N1CCN(c2cnccn2)CC1)c1ccccc1. The predicted molar refractivity (Wildman–Crippen MR) is 84.2 cm³/mol. The minimum absolute atomic E-state index is 0.0232. The van der Waals surface area contributed by atoms with Gasteiger partial charge in [0, 0.05) is 38.6 Å². The number of carbonyl (C=O) groups is 1. The average Bonchev–Trinajstić information content (AvgIpc) is 2.62. The Hall–Kier alpha value is -2.47. The monoisotopic (exact) mass is 297 g/mol. The first-order chi connectivity index (χ1) is 10.8. The van der Waals surface area contributed by atoms with Gasteiger partial charge in [0.25, 0.3) is 0 Å². The van der Waals surface area contributed by atoms with Crippen molar-refractivity contribution in [3.05, 3.63) is 54.5 Å². The van der Waals surface area contributed by atoms with E-state index in [4.69, 9.17) is 5.73 Å². The highest BCUT2D eigenvalue weighted by Crippen LogP contribution is 2.16. The fraction of sp³-hybridized carbons (Fsp3) is 0.312. The lowest BCUT2D eigenvalue weighted by Gasteiger charge is -2.36. The van der Waals surface area contributed by atoms with Gasteiger partial charge in [0.05, 0.1) is 6.20 Å². The zero-order valence-corrected chi connectivity index (χ0v) is 12.3. The maximum Gasteiger partial charge on any atom is 0.244 e. The molecule has 114 valence electrons. The Labute approximate surface area is 129 Å². The Kier molecular flexibility index (Phi) is 4.29. The number of nitrogens with two attached hydrogens (primary N) is 1. The van der Waals surface area contributed by atoms with Crippen LogP contribution in [0.25, 0.3) is 0 Å². The van der Waals surface area contributed by atoms with E-state index in [-0.39, 0.29) is 5.91 Å². The van der Waals surface area contributed by atoms with Gasteiger partial charge in [-0.1, -0.05) is 30.3 Å². The van der Waals surface area contributed by atoms with Crippen LogP contribution in [0.3, 0.4) is 0 Å². The van der Waals surface area contributed by atoms with Crippen LogP contribution in [-0.2, 0) is 4.79 Å². The summed E-state index contributed by atoms with van der Waals surface area (Å²) >= 11 is 0. The van der Waals surface area contributed by atoms with E-state index in [0.717, 1.165) is 24.5 Å². The summed E-state index contributed by atoms with van der Waals surface area (Å²) in [6, 6.07) is 8.89. The van der Waals surface area contributed by atoms with Crippen LogP contribution in [0.4, 0.5) is 5.82 Å². The third kappa shape index (κ3) is 3.07. The third-order valence-corrected chi connectivity index (χ3v) is 3.89. The molecule has 2 heterocycles. The van der Waals surface area contributed by atoms with E-state index in [2.05, 4.69) is 14.9 Å². The molecular weight excluding hydrogens is 278 g/mol. The molecule has 0 spiro atoms. The lowest BCUT2D eigenvalue weighted by Crippen LogP contribution is -2.51. The number of nitrogens with zero attached hydrogens (tertiary/aromatic N) is 4. The van der Waals surface area contributed by atoms with Crippen molar-refractivity contribution in [1.82, 2.24) is 14.9 Å². The Balaban J connectivity index is 1.60. The average molecular weight is 297 g/mol. The lowest BCUT2D eigenvalue weighted by molar-refractivity contribution is -0.133. The number of aromatic nitrogens is 2. The van der Waals surface area contributed by atoms with Crippen LogP contribution < -0.4 is 10.6 Å². The quantitative estimate of drug-likeness (QED) is 0.908. The number of piperazine rings is 1. The summed E-state index contributed by atoms with van der Waals surface area (Å²) < 4.78 is 0. The van der Waals surface area contributed by atoms with Crippen molar-refractivity contribution in [2.45, 2.75) is 6.04 Å². The number of anilines is 1. The molecule has 1 unspecified atom stereocenters. The smallest absolute Gasteiger partial charge is 0.244 e. The van der Waals surface area contributed by atoms with Crippen LogP contribution in [0.5, 0.6) is 0 Å². The van der Waals surface area contributed by atoms with Gasteiger partial charge in [-0.3, -0.25) is 9.78 Å². The first kappa shape index (κ1) is 14.5. The second-order valence-corrected chi connectivity index (χ2v) is 5.26. The topological polar surface area (TPSA) is 75.4 Å². The minimum Gasteiger partial charge on any atom is -0.352 e. The highest BCUT2D eigenvalue weighted by atomic mass is 16.2. The molecule has 1 atom stereocenters. The zero-order valence-electron chi connectivity index (χ0n) is 12.3. The van der Waals surface area contributed by atoms with Crippen molar-refractivity contribution in [3.8, 4) is 0 Å². The van der Waals surface area contributed by atoms with Gasteiger partial charge in [0.1, 0.15) is 11.9 Å². The van der Waals surface area contributed by atoms with E-state index in [1.54, 1.807) is 18.6 Å². The number of carbonyl (C=O) groups excluding carboxylic acids is 1. The van der Waals surface area contributed by atoms with E-state index in [1.807, 2.05) is 35.2 Å². The summed E-state index contributed by atoms with van der Waals surface area (Å²) in [6.07, 6.45) is 5.08. The molecule has 1 aliphatic heterocycles.